The van der Waals surface area contributed by atoms with Gasteiger partial charge in [0.2, 0.25) is 5.91 Å². The number of carbonyl (C=O) groups is 1. The maximum atomic E-state index is 12.3. The summed E-state index contributed by atoms with van der Waals surface area (Å²) in [4.78, 5) is 24.7. The van der Waals surface area contributed by atoms with E-state index in [4.69, 9.17) is 0 Å². The van der Waals surface area contributed by atoms with E-state index in [0.717, 1.165) is 5.56 Å². The molecule has 112 valence electrons. The third kappa shape index (κ3) is 2.62. The lowest BCUT2D eigenvalue weighted by molar-refractivity contribution is -0.384. The van der Waals surface area contributed by atoms with E-state index in [1.807, 2.05) is 30.3 Å². The molecule has 1 saturated heterocycles. The average Bonchev–Trinajstić information content (AvgIpc) is 2.89. The second-order valence-corrected chi connectivity index (χ2v) is 6.03. The first-order chi connectivity index (χ1) is 10.6. The first-order valence-electron chi connectivity index (χ1n) is 6.89. The van der Waals surface area contributed by atoms with E-state index in [2.05, 4.69) is 15.9 Å². The molecule has 0 aliphatic carbocycles. The SMILES string of the molecule is O=C1CCC(c2ccccc2)N1c1cc(Br)ccc1[N+](=O)[O-]. The predicted octanol–water partition coefficient (Wildman–Crippen LogP) is 4.23. The summed E-state index contributed by atoms with van der Waals surface area (Å²) in [6, 6.07) is 14.1. The summed E-state index contributed by atoms with van der Waals surface area (Å²) in [6.07, 6.45) is 1.05. The lowest BCUT2D eigenvalue weighted by Crippen LogP contribution is -2.28. The number of rotatable bonds is 3. The standard InChI is InChI=1S/C16H13BrN2O3/c17-12-6-7-14(19(21)22)15(10-12)18-13(8-9-16(18)20)11-4-2-1-3-5-11/h1-7,10,13H,8-9H2. The lowest BCUT2D eigenvalue weighted by atomic mass is 10.0. The molecule has 22 heavy (non-hydrogen) atoms. The molecular formula is C16H13BrN2O3. The monoisotopic (exact) mass is 360 g/mol. The molecule has 0 aromatic heterocycles. The van der Waals surface area contributed by atoms with Crippen LogP contribution in [0.4, 0.5) is 11.4 Å². The van der Waals surface area contributed by atoms with Gasteiger partial charge in [0, 0.05) is 17.0 Å². The van der Waals surface area contributed by atoms with Crippen LogP contribution in [0.1, 0.15) is 24.4 Å². The molecule has 0 radical (unpaired) electrons. The largest absolute Gasteiger partial charge is 0.299 e. The first kappa shape index (κ1) is 14.7. The summed E-state index contributed by atoms with van der Waals surface area (Å²) in [5.41, 5.74) is 1.28. The average molecular weight is 361 g/mol. The Morgan fingerprint density at radius 3 is 2.59 bits per heavy atom. The van der Waals surface area contributed by atoms with Crippen LogP contribution in [-0.2, 0) is 4.79 Å². The Balaban J connectivity index is 2.10. The van der Waals surface area contributed by atoms with Gasteiger partial charge in [-0.15, -0.1) is 0 Å². The van der Waals surface area contributed by atoms with Crippen LogP contribution in [-0.4, -0.2) is 10.8 Å². The molecule has 0 bridgehead atoms. The molecule has 0 saturated carbocycles. The van der Waals surface area contributed by atoms with E-state index in [9.17, 15) is 14.9 Å². The number of hydrogen-bond acceptors (Lipinski definition) is 3. The highest BCUT2D eigenvalue weighted by Gasteiger charge is 2.36. The van der Waals surface area contributed by atoms with Crippen LogP contribution in [0.15, 0.2) is 53.0 Å². The van der Waals surface area contributed by atoms with Crippen LogP contribution in [0.2, 0.25) is 0 Å². The van der Waals surface area contributed by atoms with Crippen molar-refractivity contribution in [2.45, 2.75) is 18.9 Å². The molecule has 2 aromatic rings. The molecule has 1 amide bonds. The molecular weight excluding hydrogens is 348 g/mol. The normalized spacial score (nSPS) is 17.8. The summed E-state index contributed by atoms with van der Waals surface area (Å²) in [5.74, 6) is -0.0879. The fourth-order valence-electron chi connectivity index (χ4n) is 2.82. The van der Waals surface area contributed by atoms with Crippen LogP contribution < -0.4 is 4.90 Å². The van der Waals surface area contributed by atoms with Crippen LogP contribution in [0.25, 0.3) is 0 Å². The molecule has 1 heterocycles. The summed E-state index contributed by atoms with van der Waals surface area (Å²) in [7, 11) is 0. The Morgan fingerprint density at radius 1 is 1.18 bits per heavy atom. The number of nitrogens with zero attached hydrogens (tertiary/aromatic N) is 2. The number of amides is 1. The van der Waals surface area contributed by atoms with E-state index >= 15 is 0 Å². The third-order valence-electron chi connectivity index (χ3n) is 3.79. The van der Waals surface area contributed by atoms with Crippen molar-refractivity contribution in [2.75, 3.05) is 4.90 Å². The van der Waals surface area contributed by atoms with Gasteiger partial charge in [0.1, 0.15) is 5.69 Å². The fourth-order valence-corrected chi connectivity index (χ4v) is 3.17. The number of carbonyl (C=O) groups excluding carboxylic acids is 1. The van der Waals surface area contributed by atoms with Crippen LogP contribution >= 0.6 is 15.9 Å². The van der Waals surface area contributed by atoms with Crippen molar-refractivity contribution < 1.29 is 9.72 Å². The lowest BCUT2D eigenvalue weighted by Gasteiger charge is -2.25. The van der Waals surface area contributed by atoms with Crippen LogP contribution in [0, 0.1) is 10.1 Å². The van der Waals surface area contributed by atoms with Gasteiger partial charge >= 0.3 is 0 Å². The summed E-state index contributed by atoms with van der Waals surface area (Å²) in [5, 5.41) is 11.3. The quantitative estimate of drug-likeness (QED) is 0.607. The van der Waals surface area contributed by atoms with Crippen LogP contribution in [0.5, 0.6) is 0 Å². The van der Waals surface area contributed by atoms with Crippen molar-refractivity contribution in [3.05, 3.63) is 68.7 Å². The van der Waals surface area contributed by atoms with Gasteiger partial charge in [-0.2, -0.15) is 0 Å². The maximum absolute atomic E-state index is 12.3. The van der Waals surface area contributed by atoms with Gasteiger partial charge in [-0.05, 0) is 24.1 Å². The summed E-state index contributed by atoms with van der Waals surface area (Å²) >= 11 is 3.33. The van der Waals surface area contributed by atoms with Gasteiger partial charge in [-0.3, -0.25) is 19.8 Å². The van der Waals surface area contributed by atoms with Crippen molar-refractivity contribution >= 4 is 33.2 Å². The molecule has 6 heteroatoms. The Labute approximate surface area is 135 Å². The molecule has 1 aliphatic rings. The smallest absolute Gasteiger partial charge is 0.293 e. The molecule has 1 fully saturated rings. The zero-order chi connectivity index (χ0) is 15.7. The number of benzene rings is 2. The maximum Gasteiger partial charge on any atom is 0.293 e. The van der Waals surface area contributed by atoms with E-state index in [-0.39, 0.29) is 17.6 Å². The van der Waals surface area contributed by atoms with Gasteiger partial charge in [0.05, 0.1) is 11.0 Å². The van der Waals surface area contributed by atoms with Crippen molar-refractivity contribution in [3.63, 3.8) is 0 Å². The highest BCUT2D eigenvalue weighted by Crippen LogP contribution is 2.42. The highest BCUT2D eigenvalue weighted by molar-refractivity contribution is 9.10. The van der Waals surface area contributed by atoms with E-state index in [1.165, 1.54) is 6.07 Å². The zero-order valence-electron chi connectivity index (χ0n) is 11.6. The van der Waals surface area contributed by atoms with Crippen molar-refractivity contribution in [3.8, 4) is 0 Å². The Morgan fingerprint density at radius 2 is 1.91 bits per heavy atom. The second-order valence-electron chi connectivity index (χ2n) is 5.12. The minimum Gasteiger partial charge on any atom is -0.299 e. The molecule has 0 N–H and O–H groups in total. The second kappa shape index (κ2) is 5.88. The van der Waals surface area contributed by atoms with Crippen molar-refractivity contribution in [1.29, 1.82) is 0 Å². The van der Waals surface area contributed by atoms with Crippen LogP contribution in [0.3, 0.4) is 0 Å². The number of nitro benzene ring substituents is 1. The zero-order valence-corrected chi connectivity index (χ0v) is 13.2. The van der Waals surface area contributed by atoms with E-state index in [1.54, 1.807) is 17.0 Å². The molecule has 1 aliphatic heterocycles. The van der Waals surface area contributed by atoms with Gasteiger partial charge in [0.15, 0.2) is 0 Å². The van der Waals surface area contributed by atoms with E-state index < -0.39 is 4.92 Å². The number of nitro groups is 1. The topological polar surface area (TPSA) is 63.5 Å². The van der Waals surface area contributed by atoms with Gasteiger partial charge in [0.25, 0.3) is 5.69 Å². The van der Waals surface area contributed by atoms with E-state index in [0.29, 0.717) is 23.0 Å². The third-order valence-corrected chi connectivity index (χ3v) is 4.28. The number of halogens is 1. The number of anilines is 1. The molecule has 3 rings (SSSR count). The van der Waals surface area contributed by atoms with Gasteiger partial charge in [-0.25, -0.2) is 0 Å². The minimum atomic E-state index is -0.449. The summed E-state index contributed by atoms with van der Waals surface area (Å²) in [6.45, 7) is 0. The molecule has 1 unspecified atom stereocenters. The van der Waals surface area contributed by atoms with Gasteiger partial charge < -0.3 is 0 Å². The molecule has 0 spiro atoms. The predicted molar refractivity (Wildman–Crippen MR) is 86.7 cm³/mol. The Kier molecular flexibility index (Phi) is 3.94. The van der Waals surface area contributed by atoms with Crippen molar-refractivity contribution in [1.82, 2.24) is 0 Å². The van der Waals surface area contributed by atoms with Gasteiger partial charge in [-0.1, -0.05) is 46.3 Å². The molecule has 2 aromatic carbocycles. The highest BCUT2D eigenvalue weighted by atomic mass is 79.9. The minimum absolute atomic E-state index is 0.0561. The number of hydrogen-bond donors (Lipinski definition) is 0. The Hall–Kier alpha value is -2.21. The molecule has 5 nitrogen and oxygen atoms in total. The molecule has 1 atom stereocenters. The fraction of sp³-hybridized carbons (Fsp3) is 0.188. The van der Waals surface area contributed by atoms with Crippen molar-refractivity contribution in [2.24, 2.45) is 0 Å². The Bertz CT molecular complexity index is 733. The summed E-state index contributed by atoms with van der Waals surface area (Å²) < 4.78 is 0.708. The first-order valence-corrected chi connectivity index (χ1v) is 7.68.